The summed E-state index contributed by atoms with van der Waals surface area (Å²) in [5.41, 5.74) is 3.35. The molecule has 0 saturated carbocycles. The van der Waals surface area contributed by atoms with Gasteiger partial charge in [-0.05, 0) is 29.8 Å². The van der Waals surface area contributed by atoms with Crippen LogP contribution in [0.5, 0.6) is 0 Å². The Morgan fingerprint density at radius 3 is 2.78 bits per heavy atom. The second-order valence-corrected chi connectivity index (χ2v) is 6.90. The third kappa shape index (κ3) is 3.76. The summed E-state index contributed by atoms with van der Waals surface area (Å²) >= 11 is 5.23. The second-order valence-electron chi connectivity index (χ2n) is 5.00. The maximum Gasteiger partial charge on any atom is 0.341 e. The predicted octanol–water partition coefficient (Wildman–Crippen LogP) is 4.32. The van der Waals surface area contributed by atoms with Gasteiger partial charge in [-0.1, -0.05) is 28.1 Å². The largest absolute Gasteiger partial charge is 0.465 e. The number of hydrogen-bond donors (Lipinski definition) is 0. The van der Waals surface area contributed by atoms with Gasteiger partial charge < -0.3 is 9.14 Å². The van der Waals surface area contributed by atoms with Crippen LogP contribution in [0.25, 0.3) is 5.65 Å². The topological polar surface area (TPSA) is 43.6 Å². The van der Waals surface area contributed by atoms with E-state index in [1.165, 1.54) is 12.7 Å². The number of imidazole rings is 1. The molecule has 6 heteroatoms. The lowest BCUT2D eigenvalue weighted by atomic mass is 10.2. The van der Waals surface area contributed by atoms with Crippen LogP contribution in [0, 0.1) is 0 Å². The Balaban J connectivity index is 1.71. The van der Waals surface area contributed by atoms with Crippen LogP contribution >= 0.6 is 27.7 Å². The lowest BCUT2D eigenvalue weighted by molar-refractivity contribution is 0.0602. The van der Waals surface area contributed by atoms with Gasteiger partial charge in [0.25, 0.3) is 0 Å². The van der Waals surface area contributed by atoms with Crippen LogP contribution < -0.4 is 0 Å². The third-order valence-corrected chi connectivity index (χ3v) is 4.94. The molecule has 0 unspecified atom stereocenters. The zero-order chi connectivity index (χ0) is 16.2. The van der Waals surface area contributed by atoms with Crippen LogP contribution in [0.15, 0.2) is 53.3 Å². The number of ether oxygens (including phenoxy) is 1. The molecule has 0 atom stereocenters. The van der Waals surface area contributed by atoms with Gasteiger partial charge in [-0.3, -0.25) is 0 Å². The summed E-state index contributed by atoms with van der Waals surface area (Å²) in [7, 11) is 1.38. The molecular formula is C17H15BrN2O2S. The van der Waals surface area contributed by atoms with E-state index in [-0.39, 0.29) is 5.97 Å². The molecule has 23 heavy (non-hydrogen) atoms. The number of fused-ring (bicyclic) bond motifs is 1. The molecule has 0 N–H and O–H groups in total. The average molecular weight is 391 g/mol. The van der Waals surface area contributed by atoms with Crippen LogP contribution in [-0.2, 0) is 16.2 Å². The first-order valence-electron chi connectivity index (χ1n) is 7.04. The van der Waals surface area contributed by atoms with Gasteiger partial charge >= 0.3 is 5.97 Å². The van der Waals surface area contributed by atoms with Gasteiger partial charge in [0.05, 0.1) is 12.8 Å². The van der Waals surface area contributed by atoms with Crippen molar-refractivity contribution in [3.05, 3.63) is 70.1 Å². The summed E-state index contributed by atoms with van der Waals surface area (Å²) in [5.74, 6) is 1.35. The lowest BCUT2D eigenvalue weighted by Gasteiger charge is -2.00. The standard InChI is InChI=1S/C17H15BrN2O2S/c1-22-17(21)15-3-2-8-20-9-14(19-16(15)20)11-23-10-12-4-6-13(18)7-5-12/h2-9H,10-11H2,1H3. The first-order chi connectivity index (χ1) is 11.2. The maximum atomic E-state index is 11.8. The Bertz CT molecular complexity index is 830. The lowest BCUT2D eigenvalue weighted by Crippen LogP contribution is -2.03. The van der Waals surface area contributed by atoms with Crippen molar-refractivity contribution in [1.82, 2.24) is 9.38 Å². The molecule has 2 heterocycles. The molecular weight excluding hydrogens is 376 g/mol. The van der Waals surface area contributed by atoms with E-state index in [0.717, 1.165) is 21.7 Å². The number of halogens is 1. The zero-order valence-electron chi connectivity index (χ0n) is 12.5. The van der Waals surface area contributed by atoms with Crippen LogP contribution in [-0.4, -0.2) is 22.5 Å². The minimum absolute atomic E-state index is 0.365. The molecule has 2 aromatic heterocycles. The normalized spacial score (nSPS) is 10.9. The quantitative estimate of drug-likeness (QED) is 0.608. The van der Waals surface area contributed by atoms with E-state index >= 15 is 0 Å². The van der Waals surface area contributed by atoms with Crippen LogP contribution in [0.1, 0.15) is 21.6 Å². The molecule has 0 saturated heterocycles. The van der Waals surface area contributed by atoms with E-state index in [4.69, 9.17) is 4.74 Å². The van der Waals surface area contributed by atoms with Gasteiger partial charge in [0, 0.05) is 28.4 Å². The molecule has 1 aromatic carbocycles. The maximum absolute atomic E-state index is 11.8. The number of rotatable bonds is 5. The fraction of sp³-hybridized carbons (Fsp3) is 0.176. The number of esters is 1. The average Bonchev–Trinajstić information content (AvgIpc) is 2.98. The molecule has 4 nitrogen and oxygen atoms in total. The number of thioether (sulfide) groups is 1. The highest BCUT2D eigenvalue weighted by Crippen LogP contribution is 2.20. The highest BCUT2D eigenvalue weighted by atomic mass is 79.9. The number of carbonyl (C=O) groups excluding carboxylic acids is 1. The number of hydrogen-bond acceptors (Lipinski definition) is 4. The van der Waals surface area contributed by atoms with E-state index in [1.807, 2.05) is 35.0 Å². The highest BCUT2D eigenvalue weighted by Gasteiger charge is 2.13. The minimum atomic E-state index is -0.365. The van der Waals surface area contributed by atoms with E-state index in [9.17, 15) is 4.79 Å². The highest BCUT2D eigenvalue weighted by molar-refractivity contribution is 9.10. The number of pyridine rings is 1. The van der Waals surface area contributed by atoms with Gasteiger partial charge in [0.2, 0.25) is 0 Å². The van der Waals surface area contributed by atoms with Crippen molar-refractivity contribution in [3.63, 3.8) is 0 Å². The Hall–Kier alpha value is -1.79. The summed E-state index contributed by atoms with van der Waals surface area (Å²) in [5, 5.41) is 0. The molecule has 0 fully saturated rings. The summed E-state index contributed by atoms with van der Waals surface area (Å²) in [6.07, 6.45) is 3.84. The van der Waals surface area contributed by atoms with E-state index in [0.29, 0.717) is 11.2 Å². The molecule has 0 spiro atoms. The van der Waals surface area contributed by atoms with Crippen molar-refractivity contribution in [2.75, 3.05) is 7.11 Å². The van der Waals surface area contributed by atoms with Gasteiger partial charge in [-0.15, -0.1) is 0 Å². The Labute approximate surface area is 147 Å². The van der Waals surface area contributed by atoms with Gasteiger partial charge in [-0.25, -0.2) is 9.78 Å². The van der Waals surface area contributed by atoms with Crippen LogP contribution in [0.3, 0.4) is 0 Å². The molecule has 3 rings (SSSR count). The molecule has 0 amide bonds. The van der Waals surface area contributed by atoms with E-state index in [1.54, 1.807) is 17.8 Å². The van der Waals surface area contributed by atoms with E-state index in [2.05, 4.69) is 33.0 Å². The molecule has 0 bridgehead atoms. The number of methoxy groups -OCH3 is 1. The van der Waals surface area contributed by atoms with Crippen LogP contribution in [0.4, 0.5) is 0 Å². The molecule has 0 aliphatic carbocycles. The smallest absolute Gasteiger partial charge is 0.341 e. The second kappa shape index (κ2) is 7.19. The van der Waals surface area contributed by atoms with E-state index < -0.39 is 0 Å². The van der Waals surface area contributed by atoms with Crippen molar-refractivity contribution in [3.8, 4) is 0 Å². The third-order valence-electron chi connectivity index (χ3n) is 3.37. The van der Waals surface area contributed by atoms with Crippen molar-refractivity contribution in [1.29, 1.82) is 0 Å². The monoisotopic (exact) mass is 390 g/mol. The SMILES string of the molecule is COC(=O)c1cccn2cc(CSCc3ccc(Br)cc3)nc12. The number of carbonyl (C=O) groups is 1. The molecule has 0 radical (unpaired) electrons. The Morgan fingerprint density at radius 1 is 1.26 bits per heavy atom. The van der Waals surface area contributed by atoms with Gasteiger partial charge in [0.1, 0.15) is 5.56 Å². The summed E-state index contributed by atoms with van der Waals surface area (Å²) in [6, 6.07) is 11.9. The Kier molecular flexibility index (Phi) is 5.03. The number of nitrogens with zero attached hydrogens (tertiary/aromatic N) is 2. The molecule has 118 valence electrons. The van der Waals surface area contributed by atoms with Crippen molar-refractivity contribution < 1.29 is 9.53 Å². The zero-order valence-corrected chi connectivity index (χ0v) is 14.9. The number of aromatic nitrogens is 2. The summed E-state index contributed by atoms with van der Waals surface area (Å²) in [4.78, 5) is 16.3. The molecule has 0 aliphatic rings. The molecule has 3 aromatic rings. The van der Waals surface area contributed by atoms with Gasteiger partial charge in [0.15, 0.2) is 5.65 Å². The van der Waals surface area contributed by atoms with Crippen molar-refractivity contribution in [2.24, 2.45) is 0 Å². The van der Waals surface area contributed by atoms with Crippen molar-refractivity contribution >= 4 is 39.3 Å². The van der Waals surface area contributed by atoms with Crippen molar-refractivity contribution in [2.45, 2.75) is 11.5 Å². The number of benzene rings is 1. The fourth-order valence-corrected chi connectivity index (χ4v) is 3.40. The Morgan fingerprint density at radius 2 is 2.04 bits per heavy atom. The fourth-order valence-electron chi connectivity index (χ4n) is 2.26. The summed E-state index contributed by atoms with van der Waals surface area (Å²) in [6.45, 7) is 0. The summed E-state index contributed by atoms with van der Waals surface area (Å²) < 4.78 is 7.75. The van der Waals surface area contributed by atoms with Crippen LogP contribution in [0.2, 0.25) is 0 Å². The molecule has 0 aliphatic heterocycles. The minimum Gasteiger partial charge on any atom is -0.465 e. The first kappa shape index (κ1) is 16.1. The predicted molar refractivity (Wildman–Crippen MR) is 95.7 cm³/mol. The first-order valence-corrected chi connectivity index (χ1v) is 8.99. The van der Waals surface area contributed by atoms with Gasteiger partial charge in [-0.2, -0.15) is 11.8 Å².